The molecule has 0 aliphatic rings. The number of nitrogens with zero attached hydrogens (tertiary/aromatic N) is 3. The van der Waals surface area contributed by atoms with Crippen molar-refractivity contribution in [2.75, 3.05) is 11.5 Å². The molecule has 0 fully saturated rings. The summed E-state index contributed by atoms with van der Waals surface area (Å²) in [6.07, 6.45) is 0. The standard InChI is InChI=1S/C20H19N5O3/c1-11-7-8-12(2)15(9-11)17(26)13-5-3-4-6-14(13)18(27)28-10-16-23-19(21)25-20(22)24-16/h3-9H,10H2,1-2H3,(H4,21,22,23,24,25). The Balaban J connectivity index is 1.86. The summed E-state index contributed by atoms with van der Waals surface area (Å²) in [6, 6.07) is 12.1. The van der Waals surface area contributed by atoms with E-state index < -0.39 is 5.97 Å². The fraction of sp³-hybridized carbons (Fsp3) is 0.150. The fourth-order valence-electron chi connectivity index (χ4n) is 2.71. The second kappa shape index (κ2) is 7.83. The molecule has 2 aromatic carbocycles. The lowest BCUT2D eigenvalue weighted by Crippen LogP contribution is -2.15. The number of carbonyl (C=O) groups excluding carboxylic acids is 2. The first-order valence-electron chi connectivity index (χ1n) is 8.49. The smallest absolute Gasteiger partial charge is 0.339 e. The van der Waals surface area contributed by atoms with Crippen LogP contribution in [0.5, 0.6) is 0 Å². The van der Waals surface area contributed by atoms with Crippen molar-refractivity contribution >= 4 is 23.6 Å². The minimum Gasteiger partial charge on any atom is -0.454 e. The Labute approximate surface area is 161 Å². The lowest BCUT2D eigenvalue weighted by atomic mass is 9.94. The van der Waals surface area contributed by atoms with E-state index in [1.807, 2.05) is 26.0 Å². The minimum atomic E-state index is -0.674. The van der Waals surface area contributed by atoms with Gasteiger partial charge in [-0.05, 0) is 31.5 Å². The molecule has 0 bridgehead atoms. The molecule has 0 saturated carbocycles. The Hall–Kier alpha value is -3.81. The molecule has 0 aliphatic carbocycles. The number of anilines is 2. The van der Waals surface area contributed by atoms with Crippen molar-refractivity contribution < 1.29 is 14.3 Å². The number of ether oxygens (including phenoxy) is 1. The second-order valence-corrected chi connectivity index (χ2v) is 6.24. The number of benzene rings is 2. The van der Waals surface area contributed by atoms with Gasteiger partial charge in [0.1, 0.15) is 0 Å². The molecule has 8 heteroatoms. The Kier molecular flexibility index (Phi) is 5.30. The molecule has 0 aliphatic heterocycles. The molecule has 8 nitrogen and oxygen atoms in total. The zero-order valence-corrected chi connectivity index (χ0v) is 15.5. The van der Waals surface area contributed by atoms with Gasteiger partial charge in [-0.15, -0.1) is 0 Å². The monoisotopic (exact) mass is 377 g/mol. The van der Waals surface area contributed by atoms with Gasteiger partial charge in [-0.1, -0.05) is 35.9 Å². The maximum atomic E-state index is 13.0. The average Bonchev–Trinajstić information content (AvgIpc) is 2.66. The van der Waals surface area contributed by atoms with E-state index >= 15 is 0 Å². The first kappa shape index (κ1) is 19.0. The van der Waals surface area contributed by atoms with Gasteiger partial charge in [0.25, 0.3) is 0 Å². The van der Waals surface area contributed by atoms with Crippen LogP contribution >= 0.6 is 0 Å². The summed E-state index contributed by atoms with van der Waals surface area (Å²) < 4.78 is 5.25. The van der Waals surface area contributed by atoms with Gasteiger partial charge in [-0.3, -0.25) is 4.79 Å². The Morgan fingerprint density at radius 1 is 0.893 bits per heavy atom. The first-order valence-corrected chi connectivity index (χ1v) is 8.49. The number of nitrogens with two attached hydrogens (primary N) is 2. The van der Waals surface area contributed by atoms with Crippen LogP contribution in [0.2, 0.25) is 0 Å². The van der Waals surface area contributed by atoms with Gasteiger partial charge in [0.05, 0.1) is 5.56 Å². The number of ketones is 1. The lowest BCUT2D eigenvalue weighted by Gasteiger charge is -2.11. The van der Waals surface area contributed by atoms with Gasteiger partial charge in [0.2, 0.25) is 11.9 Å². The van der Waals surface area contributed by atoms with E-state index in [-0.39, 0.29) is 41.2 Å². The van der Waals surface area contributed by atoms with Gasteiger partial charge < -0.3 is 16.2 Å². The topological polar surface area (TPSA) is 134 Å². The highest BCUT2D eigenvalue weighted by Gasteiger charge is 2.21. The van der Waals surface area contributed by atoms with E-state index in [2.05, 4.69) is 15.0 Å². The summed E-state index contributed by atoms with van der Waals surface area (Å²) in [5.74, 6) is -0.931. The van der Waals surface area contributed by atoms with Crippen LogP contribution in [0.25, 0.3) is 0 Å². The molecule has 3 rings (SSSR count). The zero-order chi connectivity index (χ0) is 20.3. The number of esters is 1. The average molecular weight is 377 g/mol. The molecule has 3 aromatic rings. The molecule has 0 unspecified atom stereocenters. The predicted octanol–water partition coefficient (Wildman–Crippen LogP) is 2.24. The van der Waals surface area contributed by atoms with Crippen LogP contribution in [0.1, 0.15) is 43.2 Å². The lowest BCUT2D eigenvalue weighted by molar-refractivity contribution is 0.0459. The maximum Gasteiger partial charge on any atom is 0.339 e. The van der Waals surface area contributed by atoms with Crippen molar-refractivity contribution in [3.8, 4) is 0 Å². The number of nitrogen functional groups attached to an aromatic ring is 2. The molecule has 142 valence electrons. The van der Waals surface area contributed by atoms with Crippen LogP contribution in [0.3, 0.4) is 0 Å². The molecular weight excluding hydrogens is 358 g/mol. The van der Waals surface area contributed by atoms with Crippen LogP contribution < -0.4 is 11.5 Å². The molecule has 0 atom stereocenters. The van der Waals surface area contributed by atoms with Gasteiger partial charge in [-0.25, -0.2) is 4.79 Å². The van der Waals surface area contributed by atoms with E-state index in [0.717, 1.165) is 11.1 Å². The van der Waals surface area contributed by atoms with Crippen LogP contribution in [-0.4, -0.2) is 26.7 Å². The van der Waals surface area contributed by atoms with E-state index in [1.165, 1.54) is 6.07 Å². The van der Waals surface area contributed by atoms with Crippen molar-refractivity contribution in [3.63, 3.8) is 0 Å². The third-order valence-electron chi connectivity index (χ3n) is 4.08. The van der Waals surface area contributed by atoms with E-state index in [0.29, 0.717) is 5.56 Å². The molecule has 0 saturated heterocycles. The summed E-state index contributed by atoms with van der Waals surface area (Å²) >= 11 is 0. The van der Waals surface area contributed by atoms with Crippen molar-refractivity contribution in [2.45, 2.75) is 20.5 Å². The number of carbonyl (C=O) groups is 2. The third kappa shape index (κ3) is 4.12. The highest BCUT2D eigenvalue weighted by atomic mass is 16.5. The summed E-state index contributed by atoms with van der Waals surface area (Å²) in [5.41, 5.74) is 13.8. The first-order chi connectivity index (χ1) is 13.3. The van der Waals surface area contributed by atoms with Crippen LogP contribution in [0.4, 0.5) is 11.9 Å². The zero-order valence-electron chi connectivity index (χ0n) is 15.5. The van der Waals surface area contributed by atoms with Crippen molar-refractivity contribution in [2.24, 2.45) is 0 Å². The SMILES string of the molecule is Cc1ccc(C)c(C(=O)c2ccccc2C(=O)OCc2nc(N)nc(N)n2)c1. The number of rotatable bonds is 5. The number of aromatic nitrogens is 3. The highest BCUT2D eigenvalue weighted by molar-refractivity contribution is 6.15. The molecule has 0 radical (unpaired) electrons. The predicted molar refractivity (Wildman–Crippen MR) is 104 cm³/mol. The number of hydrogen-bond donors (Lipinski definition) is 2. The van der Waals surface area contributed by atoms with Crippen LogP contribution in [0.15, 0.2) is 42.5 Å². The molecule has 0 spiro atoms. The summed E-state index contributed by atoms with van der Waals surface area (Å²) in [7, 11) is 0. The van der Waals surface area contributed by atoms with Gasteiger partial charge in [-0.2, -0.15) is 15.0 Å². The Morgan fingerprint density at radius 2 is 1.54 bits per heavy atom. The van der Waals surface area contributed by atoms with Crippen LogP contribution in [-0.2, 0) is 11.3 Å². The molecular formula is C20H19N5O3. The van der Waals surface area contributed by atoms with Crippen molar-refractivity contribution in [1.29, 1.82) is 0 Å². The number of hydrogen-bond acceptors (Lipinski definition) is 8. The van der Waals surface area contributed by atoms with Gasteiger partial charge >= 0.3 is 5.97 Å². The number of aryl methyl sites for hydroxylation is 2. The highest BCUT2D eigenvalue weighted by Crippen LogP contribution is 2.20. The molecule has 1 heterocycles. The summed E-state index contributed by atoms with van der Waals surface area (Å²) in [6.45, 7) is 3.51. The Morgan fingerprint density at radius 3 is 2.21 bits per heavy atom. The molecule has 1 aromatic heterocycles. The van der Waals surface area contributed by atoms with E-state index in [4.69, 9.17) is 16.2 Å². The molecule has 0 amide bonds. The van der Waals surface area contributed by atoms with Crippen molar-refractivity contribution in [1.82, 2.24) is 15.0 Å². The Bertz CT molecular complexity index is 1050. The molecule has 28 heavy (non-hydrogen) atoms. The van der Waals surface area contributed by atoms with Crippen molar-refractivity contribution in [3.05, 3.63) is 76.1 Å². The van der Waals surface area contributed by atoms with Gasteiger partial charge in [0.15, 0.2) is 18.2 Å². The largest absolute Gasteiger partial charge is 0.454 e. The fourth-order valence-corrected chi connectivity index (χ4v) is 2.71. The summed E-state index contributed by atoms with van der Waals surface area (Å²) in [5, 5.41) is 0. The third-order valence-corrected chi connectivity index (χ3v) is 4.08. The quantitative estimate of drug-likeness (QED) is 0.511. The summed E-state index contributed by atoms with van der Waals surface area (Å²) in [4.78, 5) is 37.0. The molecule has 4 N–H and O–H groups in total. The second-order valence-electron chi connectivity index (χ2n) is 6.24. The maximum absolute atomic E-state index is 13.0. The van der Waals surface area contributed by atoms with E-state index in [1.54, 1.807) is 24.3 Å². The van der Waals surface area contributed by atoms with Crippen LogP contribution in [0, 0.1) is 13.8 Å². The normalized spacial score (nSPS) is 10.5. The van der Waals surface area contributed by atoms with E-state index in [9.17, 15) is 9.59 Å². The minimum absolute atomic E-state index is 0.0657. The van der Waals surface area contributed by atoms with Gasteiger partial charge in [0, 0.05) is 11.1 Å².